The van der Waals surface area contributed by atoms with Crippen LogP contribution in [0.15, 0.2) is 0 Å². The highest BCUT2D eigenvalue weighted by Crippen LogP contribution is 2.29. The molecular weight excluding hydrogens is 236 g/mol. The molecule has 2 N–H and O–H groups in total. The molecule has 2 unspecified atom stereocenters. The number of hydrogen-bond acceptors (Lipinski definition) is 2. The predicted octanol–water partition coefficient (Wildman–Crippen LogP) is 2.95. The molecule has 1 fully saturated rings. The standard InChI is InChI=1S/C16H32N2O/c1-12(2)10-14-6-5-7-15(11-14)17-8-9-18-16(19)13(3)4/h12-15,17H,5-11H2,1-4H3,(H,18,19). The summed E-state index contributed by atoms with van der Waals surface area (Å²) in [6.45, 7) is 10.2. The van der Waals surface area contributed by atoms with Crippen molar-refractivity contribution in [2.24, 2.45) is 17.8 Å². The topological polar surface area (TPSA) is 41.1 Å². The lowest BCUT2D eigenvalue weighted by Gasteiger charge is -2.31. The molecule has 0 aromatic heterocycles. The second kappa shape index (κ2) is 8.57. The van der Waals surface area contributed by atoms with Crippen molar-refractivity contribution in [1.29, 1.82) is 0 Å². The van der Waals surface area contributed by atoms with E-state index in [9.17, 15) is 4.79 Å². The number of amides is 1. The Kier molecular flexibility index (Phi) is 7.44. The second-order valence-corrected chi connectivity index (χ2v) is 6.76. The summed E-state index contributed by atoms with van der Waals surface area (Å²) in [6.07, 6.45) is 6.74. The Morgan fingerprint density at radius 2 is 1.89 bits per heavy atom. The van der Waals surface area contributed by atoms with E-state index in [2.05, 4.69) is 24.5 Å². The van der Waals surface area contributed by atoms with Crippen molar-refractivity contribution in [2.45, 2.75) is 65.8 Å². The monoisotopic (exact) mass is 268 g/mol. The fourth-order valence-corrected chi connectivity index (χ4v) is 3.02. The van der Waals surface area contributed by atoms with Gasteiger partial charge in [-0.1, -0.05) is 40.5 Å². The Bertz CT molecular complexity index is 263. The summed E-state index contributed by atoms with van der Waals surface area (Å²) < 4.78 is 0. The number of carbonyl (C=O) groups is 1. The molecule has 2 atom stereocenters. The Morgan fingerprint density at radius 3 is 2.53 bits per heavy atom. The number of nitrogens with one attached hydrogen (secondary N) is 2. The van der Waals surface area contributed by atoms with Crippen molar-refractivity contribution in [3.8, 4) is 0 Å². The normalized spacial score (nSPS) is 23.9. The van der Waals surface area contributed by atoms with Crippen LogP contribution in [0.2, 0.25) is 0 Å². The molecule has 1 saturated carbocycles. The molecule has 1 rings (SSSR count). The van der Waals surface area contributed by atoms with E-state index >= 15 is 0 Å². The van der Waals surface area contributed by atoms with Crippen molar-refractivity contribution in [1.82, 2.24) is 10.6 Å². The van der Waals surface area contributed by atoms with Gasteiger partial charge in [0.15, 0.2) is 0 Å². The van der Waals surface area contributed by atoms with E-state index in [1.54, 1.807) is 0 Å². The molecule has 3 heteroatoms. The molecule has 0 aromatic rings. The lowest BCUT2D eigenvalue weighted by Crippen LogP contribution is -2.40. The van der Waals surface area contributed by atoms with Gasteiger partial charge in [-0.15, -0.1) is 0 Å². The predicted molar refractivity (Wildman–Crippen MR) is 81.1 cm³/mol. The maximum atomic E-state index is 11.4. The molecule has 19 heavy (non-hydrogen) atoms. The minimum Gasteiger partial charge on any atom is -0.355 e. The van der Waals surface area contributed by atoms with E-state index in [1.165, 1.54) is 32.1 Å². The van der Waals surface area contributed by atoms with Crippen LogP contribution >= 0.6 is 0 Å². The van der Waals surface area contributed by atoms with Gasteiger partial charge in [0.05, 0.1) is 0 Å². The Labute approximate surface area is 118 Å². The SMILES string of the molecule is CC(C)CC1CCCC(NCCNC(=O)C(C)C)C1. The lowest BCUT2D eigenvalue weighted by atomic mass is 9.81. The second-order valence-electron chi connectivity index (χ2n) is 6.76. The third-order valence-electron chi connectivity index (χ3n) is 3.97. The highest BCUT2D eigenvalue weighted by Gasteiger charge is 2.21. The van der Waals surface area contributed by atoms with Gasteiger partial charge in [0.2, 0.25) is 5.91 Å². The van der Waals surface area contributed by atoms with Crippen LogP contribution in [0.3, 0.4) is 0 Å². The molecule has 112 valence electrons. The molecule has 0 radical (unpaired) electrons. The van der Waals surface area contributed by atoms with Crippen LogP contribution in [0.25, 0.3) is 0 Å². The first-order valence-electron chi connectivity index (χ1n) is 8.00. The molecule has 1 amide bonds. The van der Waals surface area contributed by atoms with Gasteiger partial charge in [0.25, 0.3) is 0 Å². The Hall–Kier alpha value is -0.570. The van der Waals surface area contributed by atoms with E-state index in [-0.39, 0.29) is 11.8 Å². The van der Waals surface area contributed by atoms with Gasteiger partial charge in [-0.2, -0.15) is 0 Å². The summed E-state index contributed by atoms with van der Waals surface area (Å²) in [4.78, 5) is 11.4. The Morgan fingerprint density at radius 1 is 1.16 bits per heavy atom. The molecule has 0 saturated heterocycles. The highest BCUT2D eigenvalue weighted by molar-refractivity contribution is 5.77. The highest BCUT2D eigenvalue weighted by atomic mass is 16.1. The van der Waals surface area contributed by atoms with Crippen LogP contribution in [-0.4, -0.2) is 25.0 Å². The van der Waals surface area contributed by atoms with Crippen LogP contribution in [-0.2, 0) is 4.79 Å². The first-order valence-corrected chi connectivity index (χ1v) is 8.00. The maximum Gasteiger partial charge on any atom is 0.222 e. The zero-order valence-electron chi connectivity index (χ0n) is 13.2. The van der Waals surface area contributed by atoms with Crippen LogP contribution < -0.4 is 10.6 Å². The largest absolute Gasteiger partial charge is 0.355 e. The van der Waals surface area contributed by atoms with Gasteiger partial charge in [-0.3, -0.25) is 4.79 Å². The van der Waals surface area contributed by atoms with Gasteiger partial charge in [-0.05, 0) is 31.1 Å². The van der Waals surface area contributed by atoms with E-state index in [1.807, 2.05) is 13.8 Å². The average Bonchev–Trinajstić information content (AvgIpc) is 2.34. The third kappa shape index (κ3) is 6.95. The quantitative estimate of drug-likeness (QED) is 0.697. The minimum atomic E-state index is 0.0881. The van der Waals surface area contributed by atoms with Gasteiger partial charge in [-0.25, -0.2) is 0 Å². The molecule has 3 nitrogen and oxygen atoms in total. The third-order valence-corrected chi connectivity index (χ3v) is 3.97. The summed E-state index contributed by atoms with van der Waals surface area (Å²) in [5.41, 5.74) is 0. The molecule has 0 spiro atoms. The summed E-state index contributed by atoms with van der Waals surface area (Å²) >= 11 is 0. The van der Waals surface area contributed by atoms with E-state index in [0.717, 1.165) is 24.9 Å². The van der Waals surface area contributed by atoms with E-state index < -0.39 is 0 Å². The van der Waals surface area contributed by atoms with Crippen LogP contribution in [0.5, 0.6) is 0 Å². The van der Waals surface area contributed by atoms with Gasteiger partial charge in [0.1, 0.15) is 0 Å². The molecular formula is C16H32N2O. The van der Waals surface area contributed by atoms with Crippen molar-refractivity contribution in [3.63, 3.8) is 0 Å². The number of carbonyl (C=O) groups excluding carboxylic acids is 1. The first-order chi connectivity index (χ1) is 8.99. The fraction of sp³-hybridized carbons (Fsp3) is 0.938. The van der Waals surface area contributed by atoms with Crippen molar-refractivity contribution < 1.29 is 4.79 Å². The molecule has 1 aliphatic rings. The summed E-state index contributed by atoms with van der Waals surface area (Å²) in [5, 5.41) is 6.57. The summed E-state index contributed by atoms with van der Waals surface area (Å²) in [6, 6.07) is 0.661. The number of hydrogen-bond donors (Lipinski definition) is 2. The number of rotatable bonds is 7. The van der Waals surface area contributed by atoms with E-state index in [0.29, 0.717) is 6.04 Å². The van der Waals surface area contributed by atoms with Gasteiger partial charge >= 0.3 is 0 Å². The molecule has 0 bridgehead atoms. The zero-order valence-corrected chi connectivity index (χ0v) is 13.2. The first kappa shape index (κ1) is 16.5. The van der Waals surface area contributed by atoms with Gasteiger partial charge in [0, 0.05) is 25.0 Å². The summed E-state index contributed by atoms with van der Waals surface area (Å²) in [7, 11) is 0. The Balaban J connectivity index is 2.13. The summed E-state index contributed by atoms with van der Waals surface area (Å²) in [5.74, 6) is 1.96. The van der Waals surface area contributed by atoms with Crippen molar-refractivity contribution in [2.75, 3.05) is 13.1 Å². The minimum absolute atomic E-state index is 0.0881. The van der Waals surface area contributed by atoms with E-state index in [4.69, 9.17) is 0 Å². The van der Waals surface area contributed by atoms with Crippen LogP contribution in [0, 0.1) is 17.8 Å². The van der Waals surface area contributed by atoms with Crippen LogP contribution in [0.4, 0.5) is 0 Å². The smallest absolute Gasteiger partial charge is 0.222 e. The lowest BCUT2D eigenvalue weighted by molar-refractivity contribution is -0.123. The molecule has 0 aliphatic heterocycles. The zero-order chi connectivity index (χ0) is 14.3. The molecule has 1 aliphatic carbocycles. The molecule has 0 aromatic carbocycles. The molecule has 0 heterocycles. The van der Waals surface area contributed by atoms with Crippen molar-refractivity contribution in [3.05, 3.63) is 0 Å². The van der Waals surface area contributed by atoms with Gasteiger partial charge < -0.3 is 10.6 Å². The maximum absolute atomic E-state index is 11.4. The van der Waals surface area contributed by atoms with Crippen LogP contribution in [0.1, 0.15) is 59.8 Å². The average molecular weight is 268 g/mol. The van der Waals surface area contributed by atoms with Crippen molar-refractivity contribution >= 4 is 5.91 Å². The fourth-order valence-electron chi connectivity index (χ4n) is 3.02.